The Morgan fingerprint density at radius 2 is 1.48 bits per heavy atom. The van der Waals surface area contributed by atoms with Crippen molar-refractivity contribution in [3.8, 4) is 0 Å². The predicted octanol–water partition coefficient (Wildman–Crippen LogP) is 6.49. The van der Waals surface area contributed by atoms with Gasteiger partial charge in [0.1, 0.15) is 30.7 Å². The van der Waals surface area contributed by atoms with Crippen LogP contribution in [0, 0.1) is 5.92 Å². The van der Waals surface area contributed by atoms with E-state index in [1.807, 2.05) is 18.2 Å². The summed E-state index contributed by atoms with van der Waals surface area (Å²) in [7, 11) is -10.9. The molecule has 19 nitrogen and oxygen atoms in total. The first kappa shape index (κ1) is 56.1. The zero-order valence-corrected chi connectivity index (χ0v) is 38.7. The van der Waals surface area contributed by atoms with Crippen LogP contribution in [0.4, 0.5) is 5.82 Å². The van der Waals surface area contributed by atoms with Crippen LogP contribution in [0.3, 0.4) is 0 Å². The van der Waals surface area contributed by atoms with Crippen LogP contribution in [-0.2, 0) is 46.3 Å². The molecular weight excluding hydrogens is 864 g/mol. The van der Waals surface area contributed by atoms with E-state index in [1.54, 1.807) is 6.08 Å². The van der Waals surface area contributed by atoms with Crippen molar-refractivity contribution in [1.82, 2.24) is 9.55 Å². The van der Waals surface area contributed by atoms with E-state index in [0.717, 1.165) is 75.0 Å². The number of hydrogen-bond acceptors (Lipinski definition) is 16. The van der Waals surface area contributed by atoms with Crippen LogP contribution in [0.1, 0.15) is 136 Å². The third-order valence-electron chi connectivity index (χ3n) is 9.77. The maximum Gasteiger partial charge on any atom is 0.481 e. The van der Waals surface area contributed by atoms with E-state index in [4.69, 9.17) is 29.0 Å². The summed E-state index contributed by atoms with van der Waals surface area (Å²) in [4.78, 5) is 61.5. The van der Waals surface area contributed by atoms with Crippen molar-refractivity contribution in [3.05, 3.63) is 59.2 Å². The number of allylic oxidation sites excluding steroid dienone is 5. The minimum atomic E-state index is -5.44. The number of rotatable bonds is 34. The molecule has 1 aliphatic heterocycles. The Morgan fingerprint density at radius 1 is 0.857 bits per heavy atom. The number of hydrogen-bond donors (Lipinski definition) is 6. The van der Waals surface area contributed by atoms with Crippen LogP contribution in [0.25, 0.3) is 0 Å². The average molecular weight is 936 g/mol. The summed E-state index contributed by atoms with van der Waals surface area (Å²) < 4.78 is 56.4. The Hall–Kier alpha value is -3.06. The van der Waals surface area contributed by atoms with Gasteiger partial charge in [0.2, 0.25) is 0 Å². The van der Waals surface area contributed by atoms with E-state index in [0.29, 0.717) is 31.6 Å². The zero-order chi connectivity index (χ0) is 46.7. The Bertz CT molecular complexity index is 1720. The van der Waals surface area contributed by atoms with Gasteiger partial charge in [-0.05, 0) is 44.1 Å². The number of carbonyl (C=O) groups excluding carboxylic acids is 2. The third kappa shape index (κ3) is 25.3. The fourth-order valence-electron chi connectivity index (χ4n) is 6.33. The lowest BCUT2D eigenvalue weighted by Gasteiger charge is -2.21. The highest BCUT2D eigenvalue weighted by molar-refractivity contribution is 7.61. The molecule has 0 spiro atoms. The maximum absolute atomic E-state index is 12.8. The molecule has 1 aliphatic rings. The maximum atomic E-state index is 12.8. The number of unbranched alkanes of at least 4 members (excludes halogenated alkanes) is 9. The van der Waals surface area contributed by atoms with Gasteiger partial charge in [-0.1, -0.05) is 121 Å². The highest BCUT2D eigenvalue weighted by Gasteiger charge is 2.46. The largest absolute Gasteiger partial charge is 0.481 e. The SMILES string of the molecule is CC/C=C/C/C=C/C=C/C(O)CCCCCCCC(=O)O[C@H](COC(=O)CCCCCCCCC(C)C)COP(=O)(O)OP(=O)(O)OC[C@H]1O[C@@H](n2ccc(N)nc2=O)[C@H](O)[C@@H]1O. The standard InChI is InChI=1S/C42H71N3O16P2/c1-4-5-6-7-8-13-18-23-33(46)24-19-14-11-16-21-26-38(48)59-34(29-56-37(47)25-20-15-10-9-12-17-22-32(2)3)30-57-62(52,53)61-63(54,55)58-31-35-39(49)40(50)41(60-35)45-28-27-36(43)44-42(45)51/h5-6,8,13,18,23,27-28,32-35,39-41,46,49-50H,4,7,9-12,14-17,19-22,24-26,29-31H2,1-3H3,(H,52,53)(H,54,55)(H2,43,44,51)/b6-5+,13-8+,23-18+/t33?,34-,35-,39-,40-,41-/m1/s1. The molecule has 0 saturated carbocycles. The van der Waals surface area contributed by atoms with Crippen molar-refractivity contribution >= 4 is 33.4 Å². The minimum Gasteiger partial charge on any atom is -0.462 e. The van der Waals surface area contributed by atoms with Crippen LogP contribution in [0.15, 0.2) is 53.5 Å². The number of aliphatic hydroxyl groups excluding tert-OH is 3. The molecule has 1 aromatic heterocycles. The quantitative estimate of drug-likeness (QED) is 0.0142. The molecule has 8 atom stereocenters. The lowest BCUT2D eigenvalue weighted by atomic mass is 10.0. The number of phosphoric ester groups is 2. The number of nitrogen functional groups attached to an aromatic ring is 1. The lowest BCUT2D eigenvalue weighted by Crippen LogP contribution is -2.36. The van der Waals surface area contributed by atoms with Gasteiger partial charge < -0.3 is 45.1 Å². The second-order valence-corrected chi connectivity index (χ2v) is 18.9. The van der Waals surface area contributed by atoms with E-state index in [1.165, 1.54) is 12.5 Å². The first-order chi connectivity index (χ1) is 29.9. The third-order valence-corrected chi connectivity index (χ3v) is 12.4. The van der Waals surface area contributed by atoms with Gasteiger partial charge in [0.05, 0.1) is 19.3 Å². The molecule has 0 aromatic carbocycles. The number of aliphatic hydroxyl groups is 3. The first-order valence-electron chi connectivity index (χ1n) is 22.0. The molecule has 360 valence electrons. The van der Waals surface area contributed by atoms with E-state index in [-0.39, 0.29) is 18.7 Å². The van der Waals surface area contributed by atoms with Crippen molar-refractivity contribution in [2.24, 2.45) is 5.92 Å². The molecule has 63 heavy (non-hydrogen) atoms. The Balaban J connectivity index is 1.87. The van der Waals surface area contributed by atoms with E-state index in [9.17, 15) is 48.6 Å². The molecule has 2 heterocycles. The van der Waals surface area contributed by atoms with Gasteiger partial charge in [0.15, 0.2) is 12.3 Å². The summed E-state index contributed by atoms with van der Waals surface area (Å²) in [6.07, 6.45) is 17.4. The molecule has 1 saturated heterocycles. The van der Waals surface area contributed by atoms with Crippen molar-refractivity contribution in [2.75, 3.05) is 25.6 Å². The van der Waals surface area contributed by atoms with Gasteiger partial charge in [-0.2, -0.15) is 9.29 Å². The van der Waals surface area contributed by atoms with E-state index in [2.05, 4.69) is 42.2 Å². The van der Waals surface area contributed by atoms with Crippen LogP contribution < -0.4 is 11.4 Å². The number of esters is 2. The van der Waals surface area contributed by atoms with Crippen molar-refractivity contribution in [1.29, 1.82) is 0 Å². The Labute approximate surface area is 370 Å². The fourth-order valence-corrected chi connectivity index (χ4v) is 8.44. The van der Waals surface area contributed by atoms with Gasteiger partial charge in [-0.25, -0.2) is 13.9 Å². The molecule has 3 unspecified atom stereocenters. The summed E-state index contributed by atoms with van der Waals surface area (Å²) in [6.45, 7) is 4.07. The smallest absolute Gasteiger partial charge is 0.462 e. The minimum absolute atomic E-state index is 0.0200. The summed E-state index contributed by atoms with van der Waals surface area (Å²) >= 11 is 0. The van der Waals surface area contributed by atoms with Crippen molar-refractivity contribution < 1.29 is 71.4 Å². The van der Waals surface area contributed by atoms with Gasteiger partial charge in [0, 0.05) is 19.0 Å². The van der Waals surface area contributed by atoms with Crippen LogP contribution in [0.2, 0.25) is 0 Å². The second kappa shape index (κ2) is 31.0. The molecule has 2 rings (SSSR count). The van der Waals surface area contributed by atoms with Crippen molar-refractivity contribution in [2.45, 2.75) is 167 Å². The van der Waals surface area contributed by atoms with Crippen LogP contribution in [-0.4, -0.2) is 96.9 Å². The summed E-state index contributed by atoms with van der Waals surface area (Å²) in [6, 6.07) is 1.24. The van der Waals surface area contributed by atoms with E-state index < -0.39 is 89.8 Å². The van der Waals surface area contributed by atoms with Crippen LogP contribution >= 0.6 is 15.6 Å². The number of carbonyl (C=O) groups is 2. The number of ether oxygens (including phenoxy) is 3. The number of nitrogens with zero attached hydrogens (tertiary/aromatic N) is 2. The number of aromatic nitrogens is 2. The second-order valence-electron chi connectivity index (χ2n) is 15.8. The Kier molecular flexibility index (Phi) is 27.6. The van der Waals surface area contributed by atoms with Gasteiger partial charge in [-0.15, -0.1) is 0 Å². The fraction of sp³-hybridized carbons (Fsp3) is 0.714. The highest BCUT2D eigenvalue weighted by Crippen LogP contribution is 2.60. The van der Waals surface area contributed by atoms with Gasteiger partial charge in [0.25, 0.3) is 0 Å². The normalized spacial score (nSPS) is 21.0. The Morgan fingerprint density at radius 3 is 2.13 bits per heavy atom. The van der Waals surface area contributed by atoms with Gasteiger partial charge >= 0.3 is 33.3 Å². The molecular formula is C42H71N3O16P2. The number of anilines is 1. The molecule has 0 amide bonds. The molecule has 1 fully saturated rings. The van der Waals surface area contributed by atoms with Crippen molar-refractivity contribution in [3.63, 3.8) is 0 Å². The zero-order valence-electron chi connectivity index (χ0n) is 36.9. The monoisotopic (exact) mass is 935 g/mol. The molecule has 0 bridgehead atoms. The molecule has 7 N–H and O–H groups in total. The van der Waals surface area contributed by atoms with E-state index >= 15 is 0 Å². The predicted molar refractivity (Wildman–Crippen MR) is 235 cm³/mol. The molecule has 1 aromatic rings. The van der Waals surface area contributed by atoms with Gasteiger partial charge in [-0.3, -0.25) is 23.2 Å². The number of phosphoric acid groups is 2. The topological polar surface area (TPSA) is 286 Å². The summed E-state index contributed by atoms with van der Waals surface area (Å²) in [5, 5.41) is 31.0. The molecule has 0 aliphatic carbocycles. The molecule has 21 heteroatoms. The van der Waals surface area contributed by atoms with Crippen LogP contribution in [0.5, 0.6) is 0 Å². The first-order valence-corrected chi connectivity index (χ1v) is 25.0. The summed E-state index contributed by atoms with van der Waals surface area (Å²) in [5.74, 6) is -0.725. The molecule has 0 radical (unpaired) electrons. The lowest BCUT2D eigenvalue weighted by molar-refractivity contribution is -0.161. The highest BCUT2D eigenvalue weighted by atomic mass is 31.3. The number of nitrogens with two attached hydrogens (primary N) is 1. The average Bonchev–Trinajstić information content (AvgIpc) is 3.49. The summed E-state index contributed by atoms with van der Waals surface area (Å²) in [5.41, 5.74) is 4.56.